The summed E-state index contributed by atoms with van der Waals surface area (Å²) < 4.78 is 18.5. The van der Waals surface area contributed by atoms with E-state index < -0.39 is 0 Å². The maximum absolute atomic E-state index is 12.8. The predicted molar refractivity (Wildman–Crippen MR) is 86.5 cm³/mol. The van der Waals surface area contributed by atoms with Crippen molar-refractivity contribution in [1.29, 1.82) is 0 Å². The molecule has 0 aliphatic heterocycles. The smallest absolute Gasteiger partial charge is 0.142 e. The van der Waals surface area contributed by atoms with Gasteiger partial charge in [-0.15, -0.1) is 11.3 Å². The number of halogens is 1. The van der Waals surface area contributed by atoms with Gasteiger partial charge < -0.3 is 10.5 Å². The van der Waals surface area contributed by atoms with Crippen LogP contribution in [-0.4, -0.2) is 4.98 Å². The first-order chi connectivity index (χ1) is 10.7. The summed E-state index contributed by atoms with van der Waals surface area (Å²) in [5.74, 6) is 0.377. The summed E-state index contributed by atoms with van der Waals surface area (Å²) in [6.07, 6.45) is 2.56. The Bertz CT molecular complexity index is 742. The number of rotatable bonds is 5. The third-order valence-corrected chi connectivity index (χ3v) is 4.00. The van der Waals surface area contributed by atoms with Crippen molar-refractivity contribution in [3.8, 4) is 5.75 Å². The van der Waals surface area contributed by atoms with Crippen LogP contribution in [0.3, 0.4) is 0 Å². The van der Waals surface area contributed by atoms with Crippen molar-refractivity contribution in [2.45, 2.75) is 13.0 Å². The second kappa shape index (κ2) is 6.58. The fraction of sp³-hybridized carbons (Fsp3) is 0.118. The lowest BCUT2D eigenvalue weighted by Gasteiger charge is -2.10. The molecule has 0 radical (unpaired) electrons. The zero-order valence-electron chi connectivity index (χ0n) is 11.8. The van der Waals surface area contributed by atoms with Crippen LogP contribution in [-0.2, 0) is 13.0 Å². The number of hydrogen-bond acceptors (Lipinski definition) is 4. The first-order valence-electron chi connectivity index (χ1n) is 6.85. The third kappa shape index (κ3) is 3.62. The SMILES string of the molecule is Nc1cc(Cc2nccs2)ccc1OCc1ccc(F)cc1. The highest BCUT2D eigenvalue weighted by Gasteiger charge is 2.05. The van der Waals surface area contributed by atoms with Gasteiger partial charge in [0.1, 0.15) is 18.2 Å². The van der Waals surface area contributed by atoms with E-state index >= 15 is 0 Å². The number of hydrogen-bond donors (Lipinski definition) is 1. The molecule has 0 atom stereocenters. The van der Waals surface area contributed by atoms with Gasteiger partial charge >= 0.3 is 0 Å². The van der Waals surface area contributed by atoms with Gasteiger partial charge in [0.15, 0.2) is 0 Å². The molecule has 0 aliphatic rings. The van der Waals surface area contributed by atoms with Gasteiger partial charge in [-0.25, -0.2) is 9.37 Å². The summed E-state index contributed by atoms with van der Waals surface area (Å²) in [6, 6.07) is 12.0. The van der Waals surface area contributed by atoms with Crippen LogP contribution < -0.4 is 10.5 Å². The van der Waals surface area contributed by atoms with Crippen LogP contribution in [0.2, 0.25) is 0 Å². The average Bonchev–Trinajstić information content (AvgIpc) is 3.01. The molecule has 0 bridgehead atoms. The van der Waals surface area contributed by atoms with Gasteiger partial charge in [-0.2, -0.15) is 0 Å². The molecule has 0 amide bonds. The number of thiazole rings is 1. The van der Waals surface area contributed by atoms with Gasteiger partial charge in [0.25, 0.3) is 0 Å². The first kappa shape index (κ1) is 14.5. The third-order valence-electron chi connectivity index (χ3n) is 3.22. The van der Waals surface area contributed by atoms with Crippen molar-refractivity contribution >= 4 is 17.0 Å². The highest BCUT2D eigenvalue weighted by atomic mass is 32.1. The Morgan fingerprint density at radius 1 is 1.09 bits per heavy atom. The summed E-state index contributed by atoms with van der Waals surface area (Å²) >= 11 is 1.62. The van der Waals surface area contributed by atoms with Crippen molar-refractivity contribution in [3.05, 3.63) is 76.0 Å². The maximum Gasteiger partial charge on any atom is 0.142 e. The fourth-order valence-electron chi connectivity index (χ4n) is 2.10. The second-order valence-corrected chi connectivity index (χ2v) is 5.87. The minimum Gasteiger partial charge on any atom is -0.487 e. The van der Waals surface area contributed by atoms with Crippen molar-refractivity contribution in [1.82, 2.24) is 4.98 Å². The van der Waals surface area contributed by atoms with E-state index in [9.17, 15) is 4.39 Å². The van der Waals surface area contributed by atoms with Crippen LogP contribution >= 0.6 is 11.3 Å². The standard InChI is InChI=1S/C17H15FN2OS/c18-14-4-1-12(2-5-14)11-21-16-6-3-13(9-15(16)19)10-17-20-7-8-22-17/h1-9H,10-11,19H2. The van der Waals surface area contributed by atoms with Crippen LogP contribution in [0.25, 0.3) is 0 Å². The Morgan fingerprint density at radius 3 is 2.55 bits per heavy atom. The fourth-order valence-corrected chi connectivity index (χ4v) is 2.75. The van der Waals surface area contributed by atoms with Crippen molar-refractivity contribution < 1.29 is 9.13 Å². The Balaban J connectivity index is 1.65. The highest BCUT2D eigenvalue weighted by Crippen LogP contribution is 2.25. The Hall–Kier alpha value is -2.40. The number of nitrogen functional groups attached to an aromatic ring is 1. The molecular weight excluding hydrogens is 299 g/mol. The van der Waals surface area contributed by atoms with E-state index in [-0.39, 0.29) is 5.82 Å². The monoisotopic (exact) mass is 314 g/mol. The molecule has 1 aromatic heterocycles. The number of nitrogens with zero attached hydrogens (tertiary/aromatic N) is 1. The van der Waals surface area contributed by atoms with E-state index in [4.69, 9.17) is 10.5 Å². The molecule has 3 aromatic rings. The van der Waals surface area contributed by atoms with Crippen molar-refractivity contribution in [2.75, 3.05) is 5.73 Å². The first-order valence-corrected chi connectivity index (χ1v) is 7.73. The van der Waals surface area contributed by atoms with E-state index in [1.54, 1.807) is 29.7 Å². The van der Waals surface area contributed by atoms with E-state index in [1.807, 2.05) is 23.6 Å². The Labute approximate surface area is 132 Å². The summed E-state index contributed by atoms with van der Waals surface area (Å²) in [6.45, 7) is 0.357. The maximum atomic E-state index is 12.8. The van der Waals surface area contributed by atoms with Gasteiger partial charge in [0.05, 0.1) is 10.7 Å². The predicted octanol–water partition coefficient (Wildman–Crippen LogP) is 4.03. The zero-order chi connectivity index (χ0) is 15.4. The highest BCUT2D eigenvalue weighted by molar-refractivity contribution is 7.09. The van der Waals surface area contributed by atoms with Gasteiger partial charge in [0, 0.05) is 18.0 Å². The lowest BCUT2D eigenvalue weighted by atomic mass is 10.1. The molecule has 2 aromatic carbocycles. The van der Waals surface area contributed by atoms with Crippen LogP contribution in [0.15, 0.2) is 54.0 Å². The molecular formula is C17H15FN2OS. The van der Waals surface area contributed by atoms with Crippen molar-refractivity contribution in [2.24, 2.45) is 0 Å². The van der Waals surface area contributed by atoms with E-state index in [1.165, 1.54) is 12.1 Å². The number of benzene rings is 2. The molecule has 0 fully saturated rings. The lowest BCUT2D eigenvalue weighted by Crippen LogP contribution is -2.00. The number of ether oxygens (including phenoxy) is 1. The molecule has 3 nitrogen and oxygen atoms in total. The van der Waals surface area contributed by atoms with Crippen molar-refractivity contribution in [3.63, 3.8) is 0 Å². The Kier molecular flexibility index (Phi) is 4.34. The summed E-state index contributed by atoms with van der Waals surface area (Å²) in [7, 11) is 0. The summed E-state index contributed by atoms with van der Waals surface area (Å²) in [5.41, 5.74) is 8.62. The van der Waals surface area contributed by atoms with Crippen LogP contribution in [0, 0.1) is 5.82 Å². The molecule has 0 saturated heterocycles. The van der Waals surface area contributed by atoms with Gasteiger partial charge in [-0.1, -0.05) is 18.2 Å². The van der Waals surface area contributed by atoms with Gasteiger partial charge in [-0.05, 0) is 35.4 Å². The van der Waals surface area contributed by atoms with E-state index in [0.717, 1.165) is 22.6 Å². The topological polar surface area (TPSA) is 48.1 Å². The molecule has 0 aliphatic carbocycles. The number of anilines is 1. The lowest BCUT2D eigenvalue weighted by molar-refractivity contribution is 0.307. The number of nitrogens with two attached hydrogens (primary N) is 1. The molecule has 3 rings (SSSR count). The molecule has 0 unspecified atom stereocenters. The van der Waals surface area contributed by atoms with Crippen LogP contribution in [0.1, 0.15) is 16.1 Å². The second-order valence-electron chi connectivity index (χ2n) is 4.89. The largest absolute Gasteiger partial charge is 0.487 e. The minimum absolute atomic E-state index is 0.255. The molecule has 2 N–H and O–H groups in total. The van der Waals surface area contributed by atoms with Crippen LogP contribution in [0.5, 0.6) is 5.75 Å². The molecule has 0 saturated carbocycles. The molecule has 5 heteroatoms. The summed E-state index contributed by atoms with van der Waals surface area (Å²) in [4.78, 5) is 4.26. The molecule has 22 heavy (non-hydrogen) atoms. The van der Waals surface area contributed by atoms with Crippen LogP contribution in [0.4, 0.5) is 10.1 Å². The average molecular weight is 314 g/mol. The molecule has 0 spiro atoms. The Morgan fingerprint density at radius 2 is 1.86 bits per heavy atom. The minimum atomic E-state index is -0.255. The molecule has 1 heterocycles. The normalized spacial score (nSPS) is 10.6. The molecule has 112 valence electrons. The van der Waals surface area contributed by atoms with E-state index in [2.05, 4.69) is 4.98 Å². The van der Waals surface area contributed by atoms with E-state index in [0.29, 0.717) is 18.0 Å². The number of aromatic nitrogens is 1. The van der Waals surface area contributed by atoms with Gasteiger partial charge in [-0.3, -0.25) is 0 Å². The quantitative estimate of drug-likeness (QED) is 0.723. The van der Waals surface area contributed by atoms with Gasteiger partial charge in [0.2, 0.25) is 0 Å². The summed E-state index contributed by atoms with van der Waals surface area (Å²) in [5, 5.41) is 3.01. The zero-order valence-corrected chi connectivity index (χ0v) is 12.6.